The van der Waals surface area contributed by atoms with Crippen LogP contribution < -0.4 is 24.7 Å². The molecule has 0 saturated carbocycles. The Kier molecular flexibility index (Phi) is 14.3. The SMILES string of the molecule is C=C1/C=C\C=C/C[C@H](Oc2ccc3nnc(N4CCCC[C@@H]4C)n3c2)CC[C@@H]1NC(=O)Nc1cc(C(C)(C)C)nn1-c1ccc(O[Si](C(C)C)(C(C)C)C(C)C)c(CCl)c1. The minimum absolute atomic E-state index is 0.132. The third-order valence-corrected chi connectivity index (χ3v) is 18.6. The van der Waals surface area contributed by atoms with Gasteiger partial charge in [0, 0.05) is 36.1 Å². The highest BCUT2D eigenvalue weighted by atomic mass is 35.5. The van der Waals surface area contributed by atoms with Crippen LogP contribution in [-0.4, -0.2) is 63.5 Å². The average molecular weight is 856 g/mol. The predicted molar refractivity (Wildman–Crippen MR) is 249 cm³/mol. The number of carbonyl (C=O) groups is 1. The molecule has 2 aliphatic rings. The van der Waals surface area contributed by atoms with Gasteiger partial charge in [-0.15, -0.1) is 21.8 Å². The summed E-state index contributed by atoms with van der Waals surface area (Å²) < 4.78 is 17.6. The molecule has 60 heavy (non-hydrogen) atoms. The van der Waals surface area contributed by atoms with Gasteiger partial charge in [0.05, 0.1) is 29.5 Å². The number of allylic oxidation sites excluding steroid dienone is 2. The Morgan fingerprint density at radius 3 is 2.42 bits per heavy atom. The van der Waals surface area contributed by atoms with Gasteiger partial charge < -0.3 is 19.4 Å². The van der Waals surface area contributed by atoms with E-state index in [1.165, 1.54) is 6.42 Å². The summed E-state index contributed by atoms with van der Waals surface area (Å²) in [6.45, 7) is 27.6. The van der Waals surface area contributed by atoms with Crippen molar-refractivity contribution in [3.05, 3.63) is 90.3 Å². The molecule has 1 aliphatic carbocycles. The van der Waals surface area contributed by atoms with Crippen LogP contribution in [0.5, 0.6) is 11.5 Å². The van der Waals surface area contributed by atoms with Crippen LogP contribution in [0.3, 0.4) is 0 Å². The number of hydrogen-bond acceptors (Lipinski definition) is 7. The summed E-state index contributed by atoms with van der Waals surface area (Å²) in [6, 6.07) is 11.6. The van der Waals surface area contributed by atoms with Gasteiger partial charge in [-0.3, -0.25) is 9.72 Å². The first-order valence-corrected chi connectivity index (χ1v) is 24.6. The summed E-state index contributed by atoms with van der Waals surface area (Å²) in [6.07, 6.45) is 15.5. The molecule has 0 bridgehead atoms. The van der Waals surface area contributed by atoms with E-state index >= 15 is 0 Å². The lowest BCUT2D eigenvalue weighted by molar-refractivity contribution is 0.186. The van der Waals surface area contributed by atoms with Crippen molar-refractivity contribution in [3.8, 4) is 17.2 Å². The van der Waals surface area contributed by atoms with E-state index in [1.807, 2.05) is 65.2 Å². The maximum atomic E-state index is 14.0. The molecule has 0 spiro atoms. The number of urea groups is 1. The van der Waals surface area contributed by atoms with E-state index in [-0.39, 0.29) is 29.5 Å². The lowest BCUT2D eigenvalue weighted by Gasteiger charge is -2.42. The third kappa shape index (κ3) is 9.97. The number of aromatic nitrogens is 5. The minimum Gasteiger partial charge on any atom is -0.542 e. The molecule has 1 fully saturated rings. The standard InChI is InChI=1S/C47H67ClN8O3Si/c1-31(2)60(32(3)4,33(5)6)59-41-24-20-37(27-36(41)29-48)56-44(28-42(53-56)47(9,10)11)50-45(57)49-40-23-21-38(19-14-12-13-17-34(40)7)58-39-22-25-43-51-52-46(55(43)30-39)54-26-16-15-18-35(54)8/h12-14,17,20,22,24-25,27-28,30-33,35,38,40H,7,15-16,18-19,21,23,26,29H2,1-6,8-11H3,(H2,49,50,57)/b14-12-,17-13-/t35-,38-,40-/m0/s1. The van der Waals surface area contributed by atoms with Crippen molar-refractivity contribution in [2.24, 2.45) is 0 Å². The average Bonchev–Trinajstić information content (AvgIpc) is 3.82. The summed E-state index contributed by atoms with van der Waals surface area (Å²) in [5.74, 6) is 3.26. The van der Waals surface area contributed by atoms with Crippen LogP contribution >= 0.6 is 11.6 Å². The molecule has 4 heterocycles. The lowest BCUT2D eigenvalue weighted by Crippen LogP contribution is -2.50. The van der Waals surface area contributed by atoms with E-state index in [0.29, 0.717) is 47.7 Å². The molecule has 2 amide bonds. The number of piperidine rings is 1. The van der Waals surface area contributed by atoms with Crippen molar-refractivity contribution in [2.45, 2.75) is 154 Å². The fraction of sp³-hybridized carbons (Fsp3) is 0.532. The Labute approximate surface area is 363 Å². The first kappa shape index (κ1) is 45.0. The van der Waals surface area contributed by atoms with Gasteiger partial charge in [-0.25, -0.2) is 9.48 Å². The highest BCUT2D eigenvalue weighted by Crippen LogP contribution is 2.44. The fourth-order valence-corrected chi connectivity index (χ4v) is 14.5. The number of halogens is 1. The number of nitrogens with zero attached hydrogens (tertiary/aromatic N) is 6. The third-order valence-electron chi connectivity index (χ3n) is 12.4. The Morgan fingerprint density at radius 1 is 0.983 bits per heavy atom. The number of nitrogens with one attached hydrogen (secondary N) is 2. The van der Waals surface area contributed by atoms with Crippen LogP contribution in [0.15, 0.2) is 79.1 Å². The summed E-state index contributed by atoms with van der Waals surface area (Å²) in [5, 5.41) is 20.4. The molecule has 3 aromatic heterocycles. The molecule has 324 valence electrons. The molecule has 4 aromatic rings. The van der Waals surface area contributed by atoms with E-state index in [9.17, 15) is 4.79 Å². The normalized spacial score (nSPS) is 20.5. The predicted octanol–water partition coefficient (Wildman–Crippen LogP) is 11.7. The van der Waals surface area contributed by atoms with Crippen LogP contribution in [0.4, 0.5) is 16.6 Å². The molecule has 0 radical (unpaired) electrons. The van der Waals surface area contributed by atoms with Gasteiger partial charge in [-0.2, -0.15) is 5.10 Å². The zero-order chi connectivity index (χ0) is 43.4. The summed E-state index contributed by atoms with van der Waals surface area (Å²) >= 11 is 6.64. The number of amides is 2. The molecule has 0 unspecified atom stereocenters. The molecule has 1 aromatic carbocycles. The van der Waals surface area contributed by atoms with Crippen LogP contribution in [0, 0.1) is 0 Å². The molecule has 2 N–H and O–H groups in total. The quantitative estimate of drug-likeness (QED) is 0.108. The number of anilines is 2. The van der Waals surface area contributed by atoms with Gasteiger partial charge in [-0.05, 0) is 91.6 Å². The largest absolute Gasteiger partial charge is 0.542 e. The molecule has 11 nitrogen and oxygen atoms in total. The molecular weight excluding hydrogens is 788 g/mol. The molecule has 3 atom stereocenters. The van der Waals surface area contributed by atoms with Crippen LogP contribution in [0.25, 0.3) is 11.3 Å². The Hall–Kier alpha value is -4.55. The first-order valence-electron chi connectivity index (χ1n) is 21.9. The van der Waals surface area contributed by atoms with Crippen molar-refractivity contribution in [2.75, 3.05) is 16.8 Å². The van der Waals surface area contributed by atoms with Crippen molar-refractivity contribution < 1.29 is 14.0 Å². The number of alkyl halides is 1. The van der Waals surface area contributed by atoms with Gasteiger partial charge in [0.2, 0.25) is 5.95 Å². The number of rotatable bonds is 12. The molecule has 6 rings (SSSR count). The second-order valence-electron chi connectivity index (χ2n) is 18.6. The Balaban J connectivity index is 1.20. The highest BCUT2D eigenvalue weighted by molar-refractivity contribution is 6.78. The fourth-order valence-electron chi connectivity index (χ4n) is 9.03. The van der Waals surface area contributed by atoms with Gasteiger partial charge in [0.1, 0.15) is 23.4 Å². The van der Waals surface area contributed by atoms with E-state index < -0.39 is 8.32 Å². The van der Waals surface area contributed by atoms with Crippen molar-refractivity contribution >= 4 is 43.4 Å². The number of carbonyl (C=O) groups excluding carboxylic acids is 1. The zero-order valence-corrected chi connectivity index (χ0v) is 39.2. The number of benzene rings is 1. The number of pyridine rings is 1. The molecule has 1 saturated heterocycles. The maximum Gasteiger partial charge on any atom is 0.320 e. The van der Waals surface area contributed by atoms with Crippen molar-refractivity contribution in [1.29, 1.82) is 0 Å². The monoisotopic (exact) mass is 854 g/mol. The summed E-state index contributed by atoms with van der Waals surface area (Å²) in [7, 11) is -2.23. The van der Waals surface area contributed by atoms with E-state index in [4.69, 9.17) is 25.9 Å². The zero-order valence-electron chi connectivity index (χ0n) is 37.5. The lowest BCUT2D eigenvalue weighted by atomic mass is 9.92. The van der Waals surface area contributed by atoms with E-state index in [2.05, 4.69) is 108 Å². The Bertz CT molecular complexity index is 2160. The summed E-state index contributed by atoms with van der Waals surface area (Å²) in [4.78, 5) is 16.3. The highest BCUT2D eigenvalue weighted by Gasteiger charge is 2.47. The van der Waals surface area contributed by atoms with Crippen LogP contribution in [0.2, 0.25) is 16.6 Å². The molecule has 13 heteroatoms. The second kappa shape index (κ2) is 19.0. The molecular formula is C47H67ClN8O3Si. The van der Waals surface area contributed by atoms with Crippen molar-refractivity contribution in [3.63, 3.8) is 0 Å². The van der Waals surface area contributed by atoms with Crippen LogP contribution in [0.1, 0.15) is 119 Å². The minimum atomic E-state index is -2.23. The Morgan fingerprint density at radius 2 is 1.73 bits per heavy atom. The van der Waals surface area contributed by atoms with Gasteiger partial charge >= 0.3 is 6.03 Å². The van der Waals surface area contributed by atoms with Gasteiger partial charge in [0.25, 0.3) is 8.32 Å². The van der Waals surface area contributed by atoms with E-state index in [0.717, 1.165) is 65.0 Å². The summed E-state index contributed by atoms with van der Waals surface area (Å²) in [5.41, 5.74) is 5.11. The number of fused-ring (bicyclic) bond motifs is 1. The molecule has 1 aliphatic heterocycles. The first-order chi connectivity index (χ1) is 28.5. The van der Waals surface area contributed by atoms with E-state index in [1.54, 1.807) is 4.68 Å². The van der Waals surface area contributed by atoms with Gasteiger partial charge in [0.15, 0.2) is 5.65 Å². The smallest absolute Gasteiger partial charge is 0.320 e. The number of hydrogen-bond donors (Lipinski definition) is 2. The van der Waals surface area contributed by atoms with Crippen molar-refractivity contribution in [1.82, 2.24) is 29.7 Å². The maximum absolute atomic E-state index is 14.0. The number of ether oxygens (including phenoxy) is 1. The van der Waals surface area contributed by atoms with Gasteiger partial charge in [-0.1, -0.05) is 93.2 Å². The van der Waals surface area contributed by atoms with Crippen LogP contribution in [-0.2, 0) is 11.3 Å². The topological polar surface area (TPSA) is 111 Å². The second-order valence-corrected chi connectivity index (χ2v) is 24.3.